The molecule has 0 heterocycles. The summed E-state index contributed by atoms with van der Waals surface area (Å²) in [5.74, 6) is -0.405. The summed E-state index contributed by atoms with van der Waals surface area (Å²) in [4.78, 5) is 12.9. The van der Waals surface area contributed by atoms with Gasteiger partial charge in [-0.25, -0.2) is 8.42 Å². The molecular formula is C24H24Cl2N2O3S. The summed E-state index contributed by atoms with van der Waals surface area (Å²) in [6.45, 7) is 3.51. The summed E-state index contributed by atoms with van der Waals surface area (Å²) >= 11 is 11.8. The van der Waals surface area contributed by atoms with Crippen LogP contribution < -0.4 is 5.32 Å². The lowest BCUT2D eigenvalue weighted by atomic mass is 10.1. The van der Waals surface area contributed by atoms with Gasteiger partial charge < -0.3 is 5.32 Å². The van der Waals surface area contributed by atoms with Gasteiger partial charge in [-0.3, -0.25) is 4.79 Å². The number of benzene rings is 3. The molecule has 1 amide bonds. The lowest BCUT2D eigenvalue weighted by molar-refractivity contribution is -0.122. The molecular weight excluding hydrogens is 467 g/mol. The average molecular weight is 491 g/mol. The number of carbonyl (C=O) groups excluding carboxylic acids is 1. The predicted octanol–water partition coefficient (Wildman–Crippen LogP) is 5.37. The van der Waals surface area contributed by atoms with Gasteiger partial charge in [0, 0.05) is 16.6 Å². The Kier molecular flexibility index (Phi) is 7.96. The van der Waals surface area contributed by atoms with Gasteiger partial charge in [-0.15, -0.1) is 0 Å². The Hall–Kier alpha value is -2.38. The molecule has 0 aliphatic carbocycles. The number of carbonyl (C=O) groups is 1. The Labute approximate surface area is 199 Å². The number of halogens is 2. The van der Waals surface area contributed by atoms with E-state index in [1.165, 1.54) is 28.6 Å². The van der Waals surface area contributed by atoms with Crippen LogP contribution in [-0.2, 0) is 21.4 Å². The van der Waals surface area contributed by atoms with Gasteiger partial charge in [-0.1, -0.05) is 65.2 Å². The highest BCUT2D eigenvalue weighted by atomic mass is 35.5. The Bertz CT molecular complexity index is 1180. The largest absolute Gasteiger partial charge is 0.348 e. The second-order valence-corrected chi connectivity index (χ2v) is 10.4. The van der Waals surface area contributed by atoms with Crippen molar-refractivity contribution < 1.29 is 13.2 Å². The Balaban J connectivity index is 1.83. The van der Waals surface area contributed by atoms with Crippen LogP contribution in [0.5, 0.6) is 0 Å². The third-order valence-corrected chi connectivity index (χ3v) is 7.27. The van der Waals surface area contributed by atoms with Gasteiger partial charge in [-0.05, 0) is 61.4 Å². The highest BCUT2D eigenvalue weighted by Gasteiger charge is 2.27. The van der Waals surface area contributed by atoms with Crippen molar-refractivity contribution in [1.29, 1.82) is 0 Å². The summed E-state index contributed by atoms with van der Waals surface area (Å²) in [6.07, 6.45) is 0. The van der Waals surface area contributed by atoms with E-state index in [-0.39, 0.29) is 24.0 Å². The van der Waals surface area contributed by atoms with E-state index < -0.39 is 15.9 Å². The van der Waals surface area contributed by atoms with Gasteiger partial charge in [0.2, 0.25) is 15.9 Å². The zero-order chi connectivity index (χ0) is 23.3. The van der Waals surface area contributed by atoms with Gasteiger partial charge in [0.05, 0.1) is 17.5 Å². The number of aryl methyl sites for hydroxylation is 1. The van der Waals surface area contributed by atoms with Crippen LogP contribution in [0.1, 0.15) is 29.7 Å². The minimum Gasteiger partial charge on any atom is -0.348 e. The predicted molar refractivity (Wildman–Crippen MR) is 128 cm³/mol. The fraction of sp³-hybridized carbons (Fsp3) is 0.208. The third kappa shape index (κ3) is 6.33. The van der Waals surface area contributed by atoms with E-state index in [9.17, 15) is 13.2 Å². The summed E-state index contributed by atoms with van der Waals surface area (Å²) < 4.78 is 27.9. The van der Waals surface area contributed by atoms with Crippen LogP contribution in [0.2, 0.25) is 10.0 Å². The summed E-state index contributed by atoms with van der Waals surface area (Å²) in [7, 11) is -3.93. The molecule has 0 aliphatic heterocycles. The first-order valence-corrected chi connectivity index (χ1v) is 12.2. The zero-order valence-electron chi connectivity index (χ0n) is 17.8. The van der Waals surface area contributed by atoms with Crippen LogP contribution in [0.15, 0.2) is 77.7 Å². The minimum atomic E-state index is -3.93. The van der Waals surface area contributed by atoms with Crippen molar-refractivity contribution in [2.24, 2.45) is 0 Å². The Morgan fingerprint density at radius 1 is 0.969 bits per heavy atom. The molecule has 1 atom stereocenters. The molecule has 0 radical (unpaired) electrons. The summed E-state index contributed by atoms with van der Waals surface area (Å²) in [6, 6.07) is 20.3. The minimum absolute atomic E-state index is 0.0649. The highest BCUT2D eigenvalue weighted by Crippen LogP contribution is 2.21. The van der Waals surface area contributed by atoms with Crippen molar-refractivity contribution in [2.45, 2.75) is 31.3 Å². The lowest BCUT2D eigenvalue weighted by Gasteiger charge is -2.23. The molecule has 0 saturated carbocycles. The van der Waals surface area contributed by atoms with E-state index in [0.717, 1.165) is 16.7 Å². The van der Waals surface area contributed by atoms with E-state index in [1.807, 2.05) is 50.2 Å². The van der Waals surface area contributed by atoms with E-state index in [2.05, 4.69) is 5.32 Å². The molecule has 0 saturated heterocycles. The van der Waals surface area contributed by atoms with Crippen molar-refractivity contribution in [2.75, 3.05) is 6.54 Å². The first kappa shape index (κ1) is 24.3. The molecule has 1 N–H and O–H groups in total. The van der Waals surface area contributed by atoms with E-state index in [1.54, 1.807) is 12.1 Å². The number of rotatable bonds is 8. The topological polar surface area (TPSA) is 66.5 Å². The van der Waals surface area contributed by atoms with Gasteiger partial charge in [-0.2, -0.15) is 4.31 Å². The molecule has 3 aromatic rings. The van der Waals surface area contributed by atoms with Crippen LogP contribution in [0.4, 0.5) is 0 Å². The van der Waals surface area contributed by atoms with E-state index in [0.29, 0.717) is 10.0 Å². The van der Waals surface area contributed by atoms with Gasteiger partial charge in [0.1, 0.15) is 0 Å². The highest BCUT2D eigenvalue weighted by molar-refractivity contribution is 7.89. The number of nitrogens with one attached hydrogen (secondary N) is 1. The molecule has 8 heteroatoms. The normalized spacial score (nSPS) is 12.5. The van der Waals surface area contributed by atoms with Gasteiger partial charge in [0.25, 0.3) is 0 Å². The number of amides is 1. The molecule has 0 aromatic heterocycles. The average Bonchev–Trinajstić information content (AvgIpc) is 2.74. The van der Waals surface area contributed by atoms with E-state index >= 15 is 0 Å². The second kappa shape index (κ2) is 10.5. The molecule has 0 unspecified atom stereocenters. The SMILES string of the molecule is Cc1cccc(CN(CC(=O)N[C@@H](C)c2ccc(Cl)cc2)S(=O)(=O)c2ccc(Cl)cc2)c1. The lowest BCUT2D eigenvalue weighted by Crippen LogP contribution is -2.41. The first-order valence-electron chi connectivity index (χ1n) is 10.0. The van der Waals surface area contributed by atoms with Crippen molar-refractivity contribution in [1.82, 2.24) is 9.62 Å². The van der Waals surface area contributed by atoms with E-state index in [4.69, 9.17) is 23.2 Å². The fourth-order valence-electron chi connectivity index (χ4n) is 3.28. The molecule has 5 nitrogen and oxygen atoms in total. The van der Waals surface area contributed by atoms with Gasteiger partial charge in [0.15, 0.2) is 0 Å². The van der Waals surface area contributed by atoms with Crippen LogP contribution >= 0.6 is 23.2 Å². The maximum absolute atomic E-state index is 13.3. The quantitative estimate of drug-likeness (QED) is 0.461. The second-order valence-electron chi connectivity index (χ2n) is 7.56. The molecule has 0 aliphatic rings. The van der Waals surface area contributed by atoms with Crippen molar-refractivity contribution in [3.8, 4) is 0 Å². The fourth-order valence-corrected chi connectivity index (χ4v) is 4.91. The number of hydrogen-bond acceptors (Lipinski definition) is 3. The Morgan fingerprint density at radius 2 is 1.56 bits per heavy atom. The molecule has 0 spiro atoms. The van der Waals surface area contributed by atoms with Crippen molar-refractivity contribution in [3.05, 3.63) is 99.5 Å². The smallest absolute Gasteiger partial charge is 0.243 e. The summed E-state index contributed by atoms with van der Waals surface area (Å²) in [5.41, 5.74) is 2.67. The molecule has 168 valence electrons. The van der Waals surface area contributed by atoms with Crippen molar-refractivity contribution >= 4 is 39.1 Å². The standard InChI is InChI=1S/C24H24Cl2N2O3S/c1-17-4-3-5-19(14-17)15-28(32(30,31)23-12-10-22(26)11-13-23)16-24(29)27-18(2)20-6-8-21(25)9-7-20/h3-14,18H,15-16H2,1-2H3,(H,27,29)/t18-/m0/s1. The van der Waals surface area contributed by atoms with Crippen LogP contribution in [0.25, 0.3) is 0 Å². The molecule has 0 bridgehead atoms. The number of nitrogens with zero attached hydrogens (tertiary/aromatic N) is 1. The third-order valence-electron chi connectivity index (χ3n) is 4.96. The van der Waals surface area contributed by atoms with Crippen molar-refractivity contribution in [3.63, 3.8) is 0 Å². The zero-order valence-corrected chi connectivity index (χ0v) is 20.1. The molecule has 32 heavy (non-hydrogen) atoms. The maximum atomic E-state index is 13.3. The van der Waals surface area contributed by atoms with Gasteiger partial charge >= 0.3 is 0 Å². The van der Waals surface area contributed by atoms with Crippen LogP contribution in [0.3, 0.4) is 0 Å². The summed E-state index contributed by atoms with van der Waals surface area (Å²) in [5, 5.41) is 3.90. The first-order chi connectivity index (χ1) is 15.1. The number of hydrogen-bond donors (Lipinski definition) is 1. The van der Waals surface area contributed by atoms with Crippen LogP contribution in [-0.4, -0.2) is 25.2 Å². The maximum Gasteiger partial charge on any atom is 0.243 e. The Morgan fingerprint density at radius 3 is 2.16 bits per heavy atom. The molecule has 3 rings (SSSR count). The van der Waals surface area contributed by atoms with Crippen LogP contribution in [0, 0.1) is 6.92 Å². The number of sulfonamides is 1. The molecule has 0 fully saturated rings. The monoisotopic (exact) mass is 490 g/mol. The molecule has 3 aromatic carbocycles.